The first kappa shape index (κ1) is 19.1. The number of carbonyl (C=O) groups is 2. The molecule has 0 saturated heterocycles. The standard InChI is InChI=1S/C16H22ClNO5/c1-16(2,3)23-15(20)18-12(6-7-19)10-8-11(17)14(22-5)13(9-10)21-4/h7-9,12H,6H2,1-5H3,(H,18,20)/t12-/m0/s1. The van der Waals surface area contributed by atoms with Crippen molar-refractivity contribution in [2.45, 2.75) is 38.8 Å². The lowest BCUT2D eigenvalue weighted by Crippen LogP contribution is -2.35. The van der Waals surface area contributed by atoms with Crippen molar-refractivity contribution in [3.63, 3.8) is 0 Å². The second-order valence-corrected chi connectivity index (χ2v) is 6.25. The highest BCUT2D eigenvalue weighted by molar-refractivity contribution is 6.32. The van der Waals surface area contributed by atoms with E-state index in [2.05, 4.69) is 5.32 Å². The zero-order chi connectivity index (χ0) is 17.6. The predicted molar refractivity (Wildman–Crippen MR) is 87.3 cm³/mol. The summed E-state index contributed by atoms with van der Waals surface area (Å²) in [7, 11) is 2.96. The number of nitrogens with one attached hydrogen (secondary N) is 1. The minimum atomic E-state index is -0.634. The van der Waals surface area contributed by atoms with Crippen LogP contribution in [-0.2, 0) is 9.53 Å². The Labute approximate surface area is 141 Å². The highest BCUT2D eigenvalue weighted by atomic mass is 35.5. The van der Waals surface area contributed by atoms with Crippen molar-refractivity contribution in [3.05, 3.63) is 22.7 Å². The van der Waals surface area contributed by atoms with Gasteiger partial charge in [0, 0.05) is 6.42 Å². The van der Waals surface area contributed by atoms with Crippen LogP contribution in [0, 0.1) is 0 Å². The lowest BCUT2D eigenvalue weighted by atomic mass is 10.0. The van der Waals surface area contributed by atoms with Crippen LogP contribution in [0.5, 0.6) is 11.5 Å². The smallest absolute Gasteiger partial charge is 0.408 e. The third-order valence-corrected chi connectivity index (χ3v) is 3.16. The van der Waals surface area contributed by atoms with Gasteiger partial charge >= 0.3 is 6.09 Å². The number of rotatable bonds is 6. The number of alkyl carbamates (subject to hydrolysis) is 1. The van der Waals surface area contributed by atoms with Gasteiger partial charge in [0.1, 0.15) is 11.9 Å². The molecule has 7 heteroatoms. The molecule has 0 heterocycles. The van der Waals surface area contributed by atoms with Crippen LogP contribution < -0.4 is 14.8 Å². The number of aldehydes is 1. The van der Waals surface area contributed by atoms with Gasteiger partial charge in [0.15, 0.2) is 11.5 Å². The number of methoxy groups -OCH3 is 2. The van der Waals surface area contributed by atoms with Gasteiger partial charge in [0.05, 0.1) is 25.3 Å². The average Bonchev–Trinajstić information content (AvgIpc) is 2.43. The first-order valence-corrected chi connectivity index (χ1v) is 7.44. The van der Waals surface area contributed by atoms with Crippen LogP contribution in [0.15, 0.2) is 12.1 Å². The zero-order valence-corrected chi connectivity index (χ0v) is 14.7. The quantitative estimate of drug-likeness (QED) is 0.800. The molecule has 6 nitrogen and oxygen atoms in total. The van der Waals surface area contributed by atoms with Crippen molar-refractivity contribution in [2.75, 3.05) is 14.2 Å². The summed E-state index contributed by atoms with van der Waals surface area (Å²) in [6, 6.07) is 2.70. The van der Waals surface area contributed by atoms with Crippen LogP contribution in [0.4, 0.5) is 4.79 Å². The Hall–Kier alpha value is -1.95. The van der Waals surface area contributed by atoms with E-state index in [1.807, 2.05) is 0 Å². The Morgan fingerprint density at radius 2 is 1.96 bits per heavy atom. The van der Waals surface area contributed by atoms with E-state index in [1.54, 1.807) is 32.9 Å². The van der Waals surface area contributed by atoms with E-state index in [0.29, 0.717) is 28.4 Å². The molecule has 1 N–H and O–H groups in total. The number of carbonyl (C=O) groups excluding carboxylic acids is 2. The molecule has 1 aromatic carbocycles. The minimum absolute atomic E-state index is 0.0745. The SMILES string of the molecule is COc1cc([C@H](CC=O)NC(=O)OC(C)(C)C)cc(Cl)c1OC. The first-order chi connectivity index (χ1) is 10.7. The lowest BCUT2D eigenvalue weighted by molar-refractivity contribution is -0.108. The maximum atomic E-state index is 11.9. The second kappa shape index (κ2) is 8.06. The maximum absolute atomic E-state index is 11.9. The van der Waals surface area contributed by atoms with E-state index in [9.17, 15) is 9.59 Å². The molecule has 0 spiro atoms. The Morgan fingerprint density at radius 1 is 1.30 bits per heavy atom. The summed E-state index contributed by atoms with van der Waals surface area (Å²) in [6.07, 6.45) is 0.174. The lowest BCUT2D eigenvalue weighted by Gasteiger charge is -2.23. The number of benzene rings is 1. The molecular weight excluding hydrogens is 322 g/mol. The summed E-state index contributed by atoms with van der Waals surface area (Å²) in [5.74, 6) is 0.803. The molecule has 1 amide bonds. The summed E-state index contributed by atoms with van der Waals surface area (Å²) in [5, 5.41) is 2.98. The van der Waals surface area contributed by atoms with Crippen molar-refractivity contribution < 1.29 is 23.8 Å². The number of hydrogen-bond acceptors (Lipinski definition) is 5. The van der Waals surface area contributed by atoms with Crippen LogP contribution in [0.3, 0.4) is 0 Å². The molecule has 1 aromatic rings. The molecule has 23 heavy (non-hydrogen) atoms. The molecule has 0 bridgehead atoms. The fourth-order valence-corrected chi connectivity index (χ4v) is 2.26. The number of halogens is 1. The highest BCUT2D eigenvalue weighted by Gasteiger charge is 2.22. The van der Waals surface area contributed by atoms with Gasteiger partial charge in [-0.05, 0) is 38.5 Å². The summed E-state index contributed by atoms with van der Waals surface area (Å²) < 4.78 is 15.6. The van der Waals surface area contributed by atoms with Crippen molar-refractivity contribution in [3.8, 4) is 11.5 Å². The summed E-state index contributed by atoms with van der Waals surface area (Å²) >= 11 is 6.16. The van der Waals surface area contributed by atoms with Gasteiger partial charge in [-0.3, -0.25) is 0 Å². The Morgan fingerprint density at radius 3 is 2.43 bits per heavy atom. The highest BCUT2D eigenvalue weighted by Crippen LogP contribution is 2.38. The van der Waals surface area contributed by atoms with Crippen molar-refractivity contribution in [1.29, 1.82) is 0 Å². The van der Waals surface area contributed by atoms with Crippen LogP contribution in [-0.4, -0.2) is 32.2 Å². The van der Waals surface area contributed by atoms with E-state index in [-0.39, 0.29) is 6.42 Å². The molecule has 0 unspecified atom stereocenters. The van der Waals surface area contributed by atoms with Crippen molar-refractivity contribution >= 4 is 24.0 Å². The number of ether oxygens (including phenoxy) is 3. The molecule has 0 aliphatic rings. The third-order valence-electron chi connectivity index (χ3n) is 2.88. The predicted octanol–water partition coefficient (Wildman–Crippen LogP) is 3.51. The van der Waals surface area contributed by atoms with Gasteiger partial charge in [-0.2, -0.15) is 0 Å². The van der Waals surface area contributed by atoms with Crippen molar-refractivity contribution in [2.24, 2.45) is 0 Å². The van der Waals surface area contributed by atoms with E-state index in [0.717, 1.165) is 0 Å². The molecule has 0 aliphatic carbocycles. The van der Waals surface area contributed by atoms with Crippen LogP contribution in [0.25, 0.3) is 0 Å². The minimum Gasteiger partial charge on any atom is -0.493 e. The van der Waals surface area contributed by atoms with Crippen LogP contribution in [0.2, 0.25) is 5.02 Å². The number of hydrogen-bond donors (Lipinski definition) is 1. The van der Waals surface area contributed by atoms with Gasteiger partial charge in [-0.15, -0.1) is 0 Å². The third kappa shape index (κ3) is 5.63. The van der Waals surface area contributed by atoms with Gasteiger partial charge in [0.25, 0.3) is 0 Å². The Balaban J connectivity index is 3.08. The number of amides is 1. The van der Waals surface area contributed by atoms with E-state index in [1.165, 1.54) is 14.2 Å². The molecule has 1 atom stereocenters. The molecule has 1 rings (SSSR count). The average molecular weight is 344 g/mol. The van der Waals surface area contributed by atoms with Gasteiger partial charge in [-0.1, -0.05) is 11.6 Å². The van der Waals surface area contributed by atoms with Gasteiger partial charge in [-0.25, -0.2) is 4.79 Å². The topological polar surface area (TPSA) is 73.9 Å². The normalized spacial score (nSPS) is 12.3. The van der Waals surface area contributed by atoms with Crippen LogP contribution in [0.1, 0.15) is 38.8 Å². The summed E-state index contributed by atoms with van der Waals surface area (Å²) in [4.78, 5) is 22.9. The fourth-order valence-electron chi connectivity index (χ4n) is 1.96. The van der Waals surface area contributed by atoms with E-state index >= 15 is 0 Å². The second-order valence-electron chi connectivity index (χ2n) is 5.84. The molecule has 128 valence electrons. The largest absolute Gasteiger partial charge is 0.493 e. The summed E-state index contributed by atoms with van der Waals surface area (Å²) in [6.45, 7) is 5.28. The molecule has 0 fully saturated rings. The fraction of sp³-hybridized carbons (Fsp3) is 0.500. The molecule has 0 aromatic heterocycles. The molecular formula is C16H22ClNO5. The zero-order valence-electron chi connectivity index (χ0n) is 13.9. The van der Waals surface area contributed by atoms with Gasteiger partial charge in [0.2, 0.25) is 0 Å². The monoisotopic (exact) mass is 343 g/mol. The van der Waals surface area contributed by atoms with E-state index in [4.69, 9.17) is 25.8 Å². The maximum Gasteiger partial charge on any atom is 0.408 e. The van der Waals surface area contributed by atoms with Gasteiger partial charge < -0.3 is 24.3 Å². The van der Waals surface area contributed by atoms with Crippen LogP contribution >= 0.6 is 11.6 Å². The molecule has 0 aliphatic heterocycles. The Bertz CT molecular complexity index is 568. The Kier molecular flexibility index (Phi) is 6.69. The van der Waals surface area contributed by atoms with E-state index < -0.39 is 17.7 Å². The molecule has 0 saturated carbocycles. The van der Waals surface area contributed by atoms with Crippen molar-refractivity contribution in [1.82, 2.24) is 5.32 Å². The first-order valence-electron chi connectivity index (χ1n) is 7.06. The summed E-state index contributed by atoms with van der Waals surface area (Å²) in [5.41, 5.74) is -0.0176. The molecule has 0 radical (unpaired) electrons.